The topological polar surface area (TPSA) is 27.1 Å². The van der Waals surface area contributed by atoms with Crippen LogP contribution in [-0.4, -0.2) is 16.9 Å². The molecule has 0 aliphatic carbocycles. The van der Waals surface area contributed by atoms with Gasteiger partial charge in [0, 0.05) is 12.6 Å². The van der Waals surface area contributed by atoms with Crippen LogP contribution in [0.15, 0.2) is 22.7 Å². The van der Waals surface area contributed by atoms with E-state index < -0.39 is 0 Å². The first-order valence-corrected chi connectivity index (χ1v) is 5.87. The predicted molar refractivity (Wildman–Crippen MR) is 67.6 cm³/mol. The first-order valence-electron chi connectivity index (χ1n) is 5.07. The maximum Gasteiger partial charge on any atom is 0.165 e. The van der Waals surface area contributed by atoms with Crippen LogP contribution in [0.25, 0.3) is 11.3 Å². The summed E-state index contributed by atoms with van der Waals surface area (Å²) in [5.41, 5.74) is 2.49. The highest BCUT2D eigenvalue weighted by Gasteiger charge is 2.14. The van der Waals surface area contributed by atoms with E-state index in [1.165, 1.54) is 13.2 Å². The molecule has 5 heteroatoms. The number of nitrogens with zero attached hydrogens (tertiary/aromatic N) is 2. The minimum absolute atomic E-state index is 0.240. The minimum atomic E-state index is -0.379. The van der Waals surface area contributed by atoms with Crippen LogP contribution in [0.1, 0.15) is 5.69 Å². The summed E-state index contributed by atoms with van der Waals surface area (Å²) < 4.78 is 21.1. The lowest BCUT2D eigenvalue weighted by atomic mass is 10.1. The van der Waals surface area contributed by atoms with Crippen LogP contribution < -0.4 is 4.74 Å². The van der Waals surface area contributed by atoms with Gasteiger partial charge in [-0.05, 0) is 41.1 Å². The summed E-state index contributed by atoms with van der Waals surface area (Å²) in [5, 5.41) is 4.28. The number of methoxy groups -OCH3 is 1. The van der Waals surface area contributed by atoms with E-state index >= 15 is 0 Å². The Balaban J connectivity index is 2.57. The van der Waals surface area contributed by atoms with E-state index in [9.17, 15) is 4.39 Å². The van der Waals surface area contributed by atoms with Crippen LogP contribution in [0, 0.1) is 12.7 Å². The van der Waals surface area contributed by atoms with E-state index in [2.05, 4.69) is 21.0 Å². The lowest BCUT2D eigenvalue weighted by Gasteiger charge is -2.06. The molecule has 1 heterocycles. The van der Waals surface area contributed by atoms with Gasteiger partial charge in [-0.3, -0.25) is 4.68 Å². The van der Waals surface area contributed by atoms with Crippen molar-refractivity contribution in [2.75, 3.05) is 7.11 Å². The number of rotatable bonds is 2. The number of hydrogen-bond acceptors (Lipinski definition) is 2. The fourth-order valence-electron chi connectivity index (χ4n) is 1.76. The van der Waals surface area contributed by atoms with Gasteiger partial charge < -0.3 is 4.74 Å². The van der Waals surface area contributed by atoms with Crippen molar-refractivity contribution >= 4 is 15.9 Å². The molecule has 3 nitrogen and oxygen atoms in total. The third kappa shape index (κ3) is 2.07. The number of aromatic nitrogens is 2. The molecule has 0 N–H and O–H groups in total. The van der Waals surface area contributed by atoms with Crippen molar-refractivity contribution in [1.82, 2.24) is 9.78 Å². The molecule has 0 saturated carbocycles. The van der Waals surface area contributed by atoms with Crippen molar-refractivity contribution < 1.29 is 9.13 Å². The van der Waals surface area contributed by atoms with Gasteiger partial charge in [-0.1, -0.05) is 0 Å². The van der Waals surface area contributed by atoms with Crippen LogP contribution in [0.5, 0.6) is 5.75 Å². The van der Waals surface area contributed by atoms with E-state index in [4.69, 9.17) is 4.74 Å². The van der Waals surface area contributed by atoms with Crippen LogP contribution in [0.2, 0.25) is 0 Å². The average Bonchev–Trinajstić information content (AvgIpc) is 2.53. The molecule has 0 radical (unpaired) electrons. The molecule has 1 aromatic heterocycles. The summed E-state index contributed by atoms with van der Waals surface area (Å²) in [4.78, 5) is 0. The molecule has 2 rings (SSSR count). The molecule has 0 saturated heterocycles. The molecule has 0 unspecified atom stereocenters. The average molecular weight is 299 g/mol. The van der Waals surface area contributed by atoms with Crippen LogP contribution >= 0.6 is 15.9 Å². The second-order valence-corrected chi connectivity index (χ2v) is 4.51. The lowest BCUT2D eigenvalue weighted by Crippen LogP contribution is -1.95. The van der Waals surface area contributed by atoms with Crippen LogP contribution in [0.4, 0.5) is 4.39 Å². The molecule has 0 atom stereocenters. The Hall–Kier alpha value is -1.36. The third-order valence-corrected chi connectivity index (χ3v) is 3.52. The second-order valence-electron chi connectivity index (χ2n) is 3.72. The molecule has 1 aromatic carbocycles. The number of hydrogen-bond donors (Lipinski definition) is 0. The van der Waals surface area contributed by atoms with Gasteiger partial charge >= 0.3 is 0 Å². The quantitative estimate of drug-likeness (QED) is 0.850. The largest absolute Gasteiger partial charge is 0.494 e. The van der Waals surface area contributed by atoms with Gasteiger partial charge in [0.1, 0.15) is 0 Å². The fourth-order valence-corrected chi connectivity index (χ4v) is 2.32. The van der Waals surface area contributed by atoms with E-state index in [-0.39, 0.29) is 11.6 Å². The Morgan fingerprint density at radius 2 is 2.12 bits per heavy atom. The zero-order valence-corrected chi connectivity index (χ0v) is 11.4. The zero-order chi connectivity index (χ0) is 12.6. The Bertz CT molecular complexity index is 566. The van der Waals surface area contributed by atoms with Gasteiger partial charge in [-0.2, -0.15) is 5.10 Å². The molecule has 0 bridgehead atoms. The van der Waals surface area contributed by atoms with Gasteiger partial charge in [0.2, 0.25) is 0 Å². The molecule has 0 fully saturated rings. The Labute approximate surface area is 107 Å². The Kier molecular flexibility index (Phi) is 3.19. The minimum Gasteiger partial charge on any atom is -0.494 e. The SMILES string of the molecule is COc1ccc(-c2c(Br)c(C)nn2C)cc1F. The van der Waals surface area contributed by atoms with E-state index in [1.54, 1.807) is 10.7 Å². The lowest BCUT2D eigenvalue weighted by molar-refractivity contribution is 0.386. The zero-order valence-electron chi connectivity index (χ0n) is 9.79. The number of benzene rings is 1. The molecule has 0 aliphatic rings. The van der Waals surface area contributed by atoms with Crippen molar-refractivity contribution in [2.24, 2.45) is 7.05 Å². The normalized spacial score (nSPS) is 10.6. The summed E-state index contributed by atoms with van der Waals surface area (Å²) in [6, 6.07) is 4.86. The van der Waals surface area contributed by atoms with Crippen molar-refractivity contribution in [1.29, 1.82) is 0 Å². The van der Waals surface area contributed by atoms with Crippen LogP contribution in [-0.2, 0) is 7.05 Å². The Morgan fingerprint density at radius 3 is 2.59 bits per heavy atom. The van der Waals surface area contributed by atoms with Gasteiger partial charge in [0.15, 0.2) is 11.6 Å². The molecule has 2 aromatic rings. The van der Waals surface area contributed by atoms with Gasteiger partial charge in [0.25, 0.3) is 0 Å². The van der Waals surface area contributed by atoms with E-state index in [1.807, 2.05) is 20.0 Å². The summed E-state index contributed by atoms with van der Waals surface area (Å²) in [6.07, 6.45) is 0. The summed E-state index contributed by atoms with van der Waals surface area (Å²) in [7, 11) is 3.28. The Morgan fingerprint density at radius 1 is 1.41 bits per heavy atom. The fraction of sp³-hybridized carbons (Fsp3) is 0.250. The van der Waals surface area contributed by atoms with Gasteiger partial charge in [0.05, 0.1) is 23.0 Å². The third-order valence-electron chi connectivity index (χ3n) is 2.57. The molecule has 0 aliphatic heterocycles. The molecule has 0 spiro atoms. The standard InChI is InChI=1S/C12H12BrFN2O/c1-7-11(13)12(16(2)15-7)8-4-5-10(17-3)9(14)6-8/h4-6H,1-3H3. The monoisotopic (exact) mass is 298 g/mol. The van der Waals surface area contributed by atoms with E-state index in [0.717, 1.165) is 21.4 Å². The highest BCUT2D eigenvalue weighted by atomic mass is 79.9. The molecule has 0 amide bonds. The van der Waals surface area contributed by atoms with Gasteiger partial charge in [-0.15, -0.1) is 0 Å². The van der Waals surface area contributed by atoms with E-state index in [0.29, 0.717) is 0 Å². The van der Waals surface area contributed by atoms with Crippen molar-refractivity contribution in [2.45, 2.75) is 6.92 Å². The maximum atomic E-state index is 13.6. The second kappa shape index (κ2) is 4.49. The summed E-state index contributed by atoms with van der Waals surface area (Å²) in [5.74, 6) is -0.139. The number of aryl methyl sites for hydroxylation is 2. The first kappa shape index (κ1) is 12.1. The molecular formula is C12H12BrFN2O. The van der Waals surface area contributed by atoms with Crippen molar-refractivity contribution in [3.8, 4) is 17.0 Å². The highest BCUT2D eigenvalue weighted by Crippen LogP contribution is 2.32. The van der Waals surface area contributed by atoms with Crippen molar-refractivity contribution in [3.63, 3.8) is 0 Å². The van der Waals surface area contributed by atoms with Crippen LogP contribution in [0.3, 0.4) is 0 Å². The number of ether oxygens (including phenoxy) is 1. The maximum absolute atomic E-state index is 13.6. The molecule has 90 valence electrons. The molecule has 17 heavy (non-hydrogen) atoms. The number of halogens is 2. The predicted octanol–water partition coefficient (Wildman–Crippen LogP) is 3.31. The summed E-state index contributed by atoms with van der Waals surface area (Å²) in [6.45, 7) is 1.90. The first-order chi connectivity index (χ1) is 8.04. The summed E-state index contributed by atoms with van der Waals surface area (Å²) >= 11 is 3.46. The smallest absolute Gasteiger partial charge is 0.165 e. The van der Waals surface area contributed by atoms with Gasteiger partial charge in [-0.25, -0.2) is 4.39 Å². The molecular weight excluding hydrogens is 287 g/mol. The highest BCUT2D eigenvalue weighted by molar-refractivity contribution is 9.10. The van der Waals surface area contributed by atoms with Crippen molar-refractivity contribution in [3.05, 3.63) is 34.2 Å².